The molecule has 6 nitrogen and oxygen atoms in total. The number of carbonyl (C=O) groups excluding carboxylic acids is 1. The van der Waals surface area contributed by atoms with Crippen LogP contribution >= 0.6 is 11.3 Å². The van der Waals surface area contributed by atoms with Gasteiger partial charge in [-0.3, -0.25) is 14.2 Å². The number of nitrogens with one attached hydrogen (secondary N) is 2. The van der Waals surface area contributed by atoms with E-state index in [1.165, 1.54) is 11.3 Å². The average Bonchev–Trinajstić information content (AvgIpc) is 2.78. The van der Waals surface area contributed by atoms with Crippen LogP contribution in [-0.4, -0.2) is 34.1 Å². The Morgan fingerprint density at radius 3 is 3.00 bits per heavy atom. The number of nitrogens with zero attached hydrogens (tertiary/aromatic N) is 2. The van der Waals surface area contributed by atoms with Gasteiger partial charge in [-0.1, -0.05) is 6.42 Å². The Morgan fingerprint density at radius 1 is 1.35 bits per heavy atom. The fourth-order valence-corrected chi connectivity index (χ4v) is 5.23. The van der Waals surface area contributed by atoms with Gasteiger partial charge in [0.25, 0.3) is 11.5 Å². The topological polar surface area (TPSA) is 76.0 Å². The van der Waals surface area contributed by atoms with Crippen molar-refractivity contribution in [2.45, 2.75) is 71.0 Å². The van der Waals surface area contributed by atoms with E-state index in [9.17, 15) is 9.59 Å². The van der Waals surface area contributed by atoms with Crippen LogP contribution in [0.25, 0.3) is 10.2 Å². The first-order valence-corrected chi connectivity index (χ1v) is 10.4. The highest BCUT2D eigenvalue weighted by Gasteiger charge is 2.25. The van der Waals surface area contributed by atoms with Gasteiger partial charge in [0.15, 0.2) is 0 Å². The second-order valence-electron chi connectivity index (χ2n) is 7.58. The van der Waals surface area contributed by atoms with Gasteiger partial charge in [0, 0.05) is 25.0 Å². The first kappa shape index (κ1) is 17.7. The molecule has 2 aliphatic heterocycles. The van der Waals surface area contributed by atoms with Crippen LogP contribution in [0.3, 0.4) is 0 Å². The Labute approximate surface area is 157 Å². The molecule has 2 atom stereocenters. The minimum atomic E-state index is -0.0656. The van der Waals surface area contributed by atoms with Crippen molar-refractivity contribution in [3.63, 3.8) is 0 Å². The molecule has 0 bridgehead atoms. The van der Waals surface area contributed by atoms with E-state index < -0.39 is 0 Å². The maximum atomic E-state index is 13.0. The van der Waals surface area contributed by atoms with Crippen molar-refractivity contribution in [3.05, 3.63) is 26.6 Å². The monoisotopic (exact) mass is 374 g/mol. The average molecular weight is 375 g/mol. The van der Waals surface area contributed by atoms with E-state index in [0.717, 1.165) is 63.0 Å². The smallest absolute Gasteiger partial charge is 0.262 e. The number of amides is 1. The Kier molecular flexibility index (Phi) is 4.84. The lowest BCUT2D eigenvalue weighted by molar-refractivity contribution is 0.0929. The SMILES string of the molecule is Cc1c(C(=O)NC2CCNC(C)C2)sc2nc3n(c(=O)c12)CCCCC3. The summed E-state index contributed by atoms with van der Waals surface area (Å²) in [6.07, 6.45) is 5.95. The molecule has 1 amide bonds. The summed E-state index contributed by atoms with van der Waals surface area (Å²) in [7, 11) is 0. The van der Waals surface area contributed by atoms with Gasteiger partial charge in [-0.05, 0) is 51.6 Å². The van der Waals surface area contributed by atoms with Gasteiger partial charge in [0.2, 0.25) is 0 Å². The number of piperidine rings is 1. The van der Waals surface area contributed by atoms with Gasteiger partial charge in [-0.2, -0.15) is 0 Å². The van der Waals surface area contributed by atoms with E-state index in [2.05, 4.69) is 17.6 Å². The zero-order valence-electron chi connectivity index (χ0n) is 15.4. The van der Waals surface area contributed by atoms with Crippen molar-refractivity contribution < 1.29 is 4.79 Å². The van der Waals surface area contributed by atoms with E-state index in [4.69, 9.17) is 4.98 Å². The van der Waals surface area contributed by atoms with Gasteiger partial charge < -0.3 is 10.6 Å². The molecule has 2 aliphatic rings. The molecule has 0 aromatic carbocycles. The number of aryl methyl sites for hydroxylation is 2. The van der Waals surface area contributed by atoms with E-state index in [1.54, 1.807) is 0 Å². The summed E-state index contributed by atoms with van der Waals surface area (Å²) in [6, 6.07) is 0.605. The molecule has 140 valence electrons. The standard InChI is InChI=1S/C19H26N4O2S/c1-11-10-13(7-8-20-11)21-17(24)16-12(2)15-18(26-16)22-14-6-4-3-5-9-23(14)19(15)25/h11,13,20H,3-10H2,1-2H3,(H,21,24). The number of fused-ring (bicyclic) bond motifs is 2. The first-order chi connectivity index (χ1) is 12.5. The summed E-state index contributed by atoms with van der Waals surface area (Å²) in [5, 5.41) is 7.19. The van der Waals surface area contributed by atoms with Crippen LogP contribution in [0.5, 0.6) is 0 Å². The van der Waals surface area contributed by atoms with Gasteiger partial charge in [-0.15, -0.1) is 11.3 Å². The Bertz CT molecular complexity index is 901. The maximum Gasteiger partial charge on any atom is 0.262 e. The van der Waals surface area contributed by atoms with Crippen molar-refractivity contribution in [2.75, 3.05) is 6.54 Å². The lowest BCUT2D eigenvalue weighted by atomic mass is 10.0. The highest BCUT2D eigenvalue weighted by molar-refractivity contribution is 7.20. The van der Waals surface area contributed by atoms with Crippen LogP contribution in [0, 0.1) is 6.92 Å². The van der Waals surface area contributed by atoms with Crippen LogP contribution in [0.4, 0.5) is 0 Å². The number of carbonyl (C=O) groups is 1. The highest BCUT2D eigenvalue weighted by Crippen LogP contribution is 2.28. The van der Waals surface area contributed by atoms with Gasteiger partial charge in [-0.25, -0.2) is 4.98 Å². The zero-order chi connectivity index (χ0) is 18.3. The van der Waals surface area contributed by atoms with Crippen molar-refractivity contribution in [1.82, 2.24) is 20.2 Å². The molecule has 1 saturated heterocycles. The lowest BCUT2D eigenvalue weighted by Crippen LogP contribution is -2.46. The fraction of sp³-hybridized carbons (Fsp3) is 0.632. The predicted molar refractivity (Wildman–Crippen MR) is 104 cm³/mol. The second kappa shape index (κ2) is 7.12. The minimum Gasteiger partial charge on any atom is -0.348 e. The normalized spacial score (nSPS) is 23.5. The number of hydrogen-bond acceptors (Lipinski definition) is 5. The molecule has 4 rings (SSSR count). The number of hydrogen-bond donors (Lipinski definition) is 2. The maximum absolute atomic E-state index is 13.0. The summed E-state index contributed by atoms with van der Waals surface area (Å²) in [6.45, 7) is 5.68. The third kappa shape index (κ3) is 3.18. The van der Waals surface area contributed by atoms with Crippen LogP contribution in [0.1, 0.15) is 60.1 Å². The van der Waals surface area contributed by atoms with Crippen molar-refractivity contribution >= 4 is 27.5 Å². The molecule has 0 radical (unpaired) electrons. The second-order valence-corrected chi connectivity index (χ2v) is 8.58. The third-order valence-electron chi connectivity index (χ3n) is 5.58. The quantitative estimate of drug-likeness (QED) is 0.846. The molecule has 2 aromatic heterocycles. The summed E-state index contributed by atoms with van der Waals surface area (Å²) in [5.41, 5.74) is 0.803. The molecular weight excluding hydrogens is 348 g/mol. The number of rotatable bonds is 2. The van der Waals surface area contributed by atoms with Crippen LogP contribution < -0.4 is 16.2 Å². The van der Waals surface area contributed by atoms with Gasteiger partial charge in [0.05, 0.1) is 10.3 Å². The Morgan fingerprint density at radius 2 is 2.19 bits per heavy atom. The van der Waals surface area contributed by atoms with Crippen molar-refractivity contribution in [2.24, 2.45) is 0 Å². The van der Waals surface area contributed by atoms with Crippen LogP contribution in [-0.2, 0) is 13.0 Å². The largest absolute Gasteiger partial charge is 0.348 e. The Balaban J connectivity index is 1.68. The van der Waals surface area contributed by atoms with Gasteiger partial charge >= 0.3 is 0 Å². The molecule has 2 unspecified atom stereocenters. The highest BCUT2D eigenvalue weighted by atomic mass is 32.1. The van der Waals surface area contributed by atoms with Crippen molar-refractivity contribution in [3.8, 4) is 0 Å². The fourth-order valence-electron chi connectivity index (χ4n) is 4.14. The molecular formula is C19H26N4O2S. The van der Waals surface area contributed by atoms with E-state index >= 15 is 0 Å². The lowest BCUT2D eigenvalue weighted by Gasteiger charge is -2.28. The molecule has 0 spiro atoms. The molecule has 7 heteroatoms. The Hall–Kier alpha value is -1.73. The van der Waals surface area contributed by atoms with Crippen LogP contribution in [0.15, 0.2) is 4.79 Å². The van der Waals surface area contributed by atoms with E-state index in [-0.39, 0.29) is 17.5 Å². The van der Waals surface area contributed by atoms with Crippen LogP contribution in [0.2, 0.25) is 0 Å². The first-order valence-electron chi connectivity index (χ1n) is 9.61. The summed E-state index contributed by atoms with van der Waals surface area (Å²) < 4.78 is 1.82. The van der Waals surface area contributed by atoms with Gasteiger partial charge in [0.1, 0.15) is 10.7 Å². The predicted octanol–water partition coefficient (Wildman–Crippen LogP) is 2.36. The molecule has 2 aromatic rings. The molecule has 0 saturated carbocycles. The zero-order valence-corrected chi connectivity index (χ0v) is 16.2. The summed E-state index contributed by atoms with van der Waals surface area (Å²) >= 11 is 1.36. The van der Waals surface area contributed by atoms with E-state index in [0.29, 0.717) is 21.1 Å². The van der Waals surface area contributed by atoms with Crippen molar-refractivity contribution in [1.29, 1.82) is 0 Å². The molecule has 1 fully saturated rings. The number of aromatic nitrogens is 2. The number of thiophene rings is 1. The molecule has 4 heterocycles. The van der Waals surface area contributed by atoms with E-state index in [1.807, 2.05) is 11.5 Å². The summed E-state index contributed by atoms with van der Waals surface area (Å²) in [4.78, 5) is 31.9. The molecule has 2 N–H and O–H groups in total. The minimum absolute atomic E-state index is 0.0233. The third-order valence-corrected chi connectivity index (χ3v) is 6.76. The molecule has 26 heavy (non-hydrogen) atoms. The summed E-state index contributed by atoms with van der Waals surface area (Å²) in [5.74, 6) is 0.810. The molecule has 0 aliphatic carbocycles.